The number of rotatable bonds is 9. The molecule has 1 atom stereocenters. The van der Waals surface area contributed by atoms with E-state index < -0.39 is 0 Å². The summed E-state index contributed by atoms with van der Waals surface area (Å²) >= 11 is 1.84. The first-order chi connectivity index (χ1) is 8.72. The van der Waals surface area contributed by atoms with Gasteiger partial charge in [0, 0.05) is 38.6 Å². The summed E-state index contributed by atoms with van der Waals surface area (Å²) in [6, 6.07) is 0. The number of hydrogen-bond donors (Lipinski definition) is 2. The van der Waals surface area contributed by atoms with Gasteiger partial charge in [0.15, 0.2) is 0 Å². The van der Waals surface area contributed by atoms with Crippen LogP contribution in [0, 0.1) is 5.92 Å². The number of morpholine rings is 1. The SMILES string of the molecule is CSCNCCN1CCO[C@@H](CNCC(C)C)C1. The largest absolute Gasteiger partial charge is 0.374 e. The van der Waals surface area contributed by atoms with Crippen molar-refractivity contribution in [2.75, 3.05) is 58.0 Å². The Morgan fingerprint density at radius 1 is 1.39 bits per heavy atom. The lowest BCUT2D eigenvalue weighted by atomic mass is 10.2. The second kappa shape index (κ2) is 10.0. The van der Waals surface area contributed by atoms with Crippen LogP contribution < -0.4 is 10.6 Å². The van der Waals surface area contributed by atoms with Gasteiger partial charge in [-0.3, -0.25) is 4.90 Å². The minimum atomic E-state index is 0.359. The van der Waals surface area contributed by atoms with Crippen LogP contribution >= 0.6 is 11.8 Å². The smallest absolute Gasteiger partial charge is 0.0826 e. The molecular weight excluding hydrogens is 246 g/mol. The van der Waals surface area contributed by atoms with Crippen LogP contribution in [0.1, 0.15) is 13.8 Å². The molecule has 0 spiro atoms. The average molecular weight is 275 g/mol. The van der Waals surface area contributed by atoms with Gasteiger partial charge in [-0.1, -0.05) is 13.8 Å². The molecule has 0 saturated carbocycles. The van der Waals surface area contributed by atoms with E-state index in [1.165, 1.54) is 0 Å². The van der Waals surface area contributed by atoms with E-state index in [4.69, 9.17) is 4.74 Å². The van der Waals surface area contributed by atoms with Gasteiger partial charge < -0.3 is 15.4 Å². The molecule has 1 rings (SSSR count). The minimum absolute atomic E-state index is 0.359. The molecule has 108 valence electrons. The monoisotopic (exact) mass is 275 g/mol. The summed E-state index contributed by atoms with van der Waals surface area (Å²) in [6.45, 7) is 11.7. The van der Waals surface area contributed by atoms with Crippen LogP contribution in [-0.2, 0) is 4.74 Å². The summed E-state index contributed by atoms with van der Waals surface area (Å²) in [5.41, 5.74) is 0. The summed E-state index contributed by atoms with van der Waals surface area (Å²) in [6.07, 6.45) is 2.48. The van der Waals surface area contributed by atoms with Crippen molar-refractivity contribution >= 4 is 11.8 Å². The molecule has 1 aliphatic heterocycles. The standard InChI is InChI=1S/C13H29N3OS/c1-12(2)8-15-9-13-10-16(6-7-17-13)5-4-14-11-18-3/h12-15H,4-11H2,1-3H3/t13-/m0/s1. The summed E-state index contributed by atoms with van der Waals surface area (Å²) in [5.74, 6) is 1.75. The maximum atomic E-state index is 5.79. The van der Waals surface area contributed by atoms with Gasteiger partial charge in [-0.15, -0.1) is 11.8 Å². The highest BCUT2D eigenvalue weighted by molar-refractivity contribution is 7.98. The Balaban J connectivity index is 2.08. The molecule has 0 radical (unpaired) electrons. The van der Waals surface area contributed by atoms with Crippen molar-refractivity contribution in [1.82, 2.24) is 15.5 Å². The Kier molecular flexibility index (Phi) is 9.06. The van der Waals surface area contributed by atoms with Crippen molar-refractivity contribution in [3.63, 3.8) is 0 Å². The van der Waals surface area contributed by atoms with Crippen molar-refractivity contribution in [3.05, 3.63) is 0 Å². The number of ether oxygens (including phenoxy) is 1. The molecule has 0 aromatic heterocycles. The molecule has 0 unspecified atom stereocenters. The fourth-order valence-electron chi connectivity index (χ4n) is 2.05. The van der Waals surface area contributed by atoms with E-state index in [1.54, 1.807) is 0 Å². The third kappa shape index (κ3) is 7.59. The summed E-state index contributed by atoms with van der Waals surface area (Å²) < 4.78 is 5.79. The quantitative estimate of drug-likeness (QED) is 0.482. The molecule has 1 aliphatic rings. The number of nitrogens with one attached hydrogen (secondary N) is 2. The predicted octanol–water partition coefficient (Wildman–Crippen LogP) is 0.843. The minimum Gasteiger partial charge on any atom is -0.374 e. The molecule has 1 fully saturated rings. The summed E-state index contributed by atoms with van der Waals surface area (Å²) in [4.78, 5) is 2.50. The molecule has 0 bridgehead atoms. The van der Waals surface area contributed by atoms with Crippen LogP contribution in [0.25, 0.3) is 0 Å². The van der Waals surface area contributed by atoms with E-state index in [-0.39, 0.29) is 0 Å². The second-order valence-corrected chi connectivity index (χ2v) is 6.14. The first-order valence-corrected chi connectivity index (χ1v) is 8.36. The molecule has 2 N–H and O–H groups in total. The maximum absolute atomic E-state index is 5.79. The Morgan fingerprint density at radius 2 is 2.22 bits per heavy atom. The lowest BCUT2D eigenvalue weighted by Crippen LogP contribution is -2.48. The van der Waals surface area contributed by atoms with E-state index in [2.05, 4.69) is 35.6 Å². The van der Waals surface area contributed by atoms with Gasteiger partial charge in [-0.2, -0.15) is 0 Å². The predicted molar refractivity (Wildman–Crippen MR) is 80.3 cm³/mol. The maximum Gasteiger partial charge on any atom is 0.0826 e. The number of nitrogens with zero attached hydrogens (tertiary/aromatic N) is 1. The van der Waals surface area contributed by atoms with Crippen molar-refractivity contribution < 1.29 is 4.74 Å². The fraction of sp³-hybridized carbons (Fsp3) is 1.00. The molecule has 1 saturated heterocycles. The van der Waals surface area contributed by atoms with Crippen LogP contribution in [-0.4, -0.2) is 69.0 Å². The molecule has 18 heavy (non-hydrogen) atoms. The second-order valence-electron chi connectivity index (χ2n) is 5.28. The third-order valence-electron chi connectivity index (χ3n) is 3.00. The highest BCUT2D eigenvalue weighted by Crippen LogP contribution is 2.04. The first kappa shape index (κ1) is 16.2. The Morgan fingerprint density at radius 3 is 2.94 bits per heavy atom. The van der Waals surface area contributed by atoms with Gasteiger partial charge in [-0.25, -0.2) is 0 Å². The van der Waals surface area contributed by atoms with Crippen LogP contribution in [0.3, 0.4) is 0 Å². The van der Waals surface area contributed by atoms with Gasteiger partial charge in [0.1, 0.15) is 0 Å². The average Bonchev–Trinajstić information content (AvgIpc) is 2.35. The number of thioether (sulfide) groups is 1. The van der Waals surface area contributed by atoms with Crippen molar-refractivity contribution in [3.8, 4) is 0 Å². The van der Waals surface area contributed by atoms with Gasteiger partial charge in [0.05, 0.1) is 12.7 Å². The van der Waals surface area contributed by atoms with Crippen LogP contribution in [0.4, 0.5) is 0 Å². The first-order valence-electron chi connectivity index (χ1n) is 6.96. The normalized spacial score (nSPS) is 21.7. The third-order valence-corrected chi connectivity index (χ3v) is 3.49. The summed E-state index contributed by atoms with van der Waals surface area (Å²) in [5, 5.41) is 6.90. The molecule has 0 aliphatic carbocycles. The van der Waals surface area contributed by atoms with E-state index in [9.17, 15) is 0 Å². The zero-order chi connectivity index (χ0) is 13.2. The van der Waals surface area contributed by atoms with E-state index in [0.717, 1.165) is 51.8 Å². The zero-order valence-corrected chi connectivity index (χ0v) is 12.9. The van der Waals surface area contributed by atoms with Crippen molar-refractivity contribution in [2.24, 2.45) is 5.92 Å². The summed E-state index contributed by atoms with van der Waals surface area (Å²) in [7, 11) is 0. The molecule has 1 heterocycles. The Bertz CT molecular complexity index is 205. The van der Waals surface area contributed by atoms with E-state index >= 15 is 0 Å². The van der Waals surface area contributed by atoms with Gasteiger partial charge in [0.2, 0.25) is 0 Å². The van der Waals surface area contributed by atoms with Crippen molar-refractivity contribution in [2.45, 2.75) is 20.0 Å². The molecule has 0 amide bonds. The highest BCUT2D eigenvalue weighted by Gasteiger charge is 2.19. The van der Waals surface area contributed by atoms with Crippen molar-refractivity contribution in [1.29, 1.82) is 0 Å². The van der Waals surface area contributed by atoms with E-state index in [1.807, 2.05) is 11.8 Å². The Hall–Kier alpha value is 0.190. The molecule has 0 aromatic rings. The van der Waals surface area contributed by atoms with Crippen LogP contribution in [0.15, 0.2) is 0 Å². The molecular formula is C13H29N3OS. The zero-order valence-electron chi connectivity index (χ0n) is 12.1. The van der Waals surface area contributed by atoms with Crippen LogP contribution in [0.2, 0.25) is 0 Å². The van der Waals surface area contributed by atoms with E-state index in [0.29, 0.717) is 12.0 Å². The topological polar surface area (TPSA) is 36.5 Å². The van der Waals surface area contributed by atoms with Crippen LogP contribution in [0.5, 0.6) is 0 Å². The number of hydrogen-bond acceptors (Lipinski definition) is 5. The van der Waals surface area contributed by atoms with Gasteiger partial charge in [-0.05, 0) is 18.7 Å². The molecule has 5 heteroatoms. The molecule has 4 nitrogen and oxygen atoms in total. The highest BCUT2D eigenvalue weighted by atomic mass is 32.2. The lowest BCUT2D eigenvalue weighted by molar-refractivity contribution is -0.0265. The van der Waals surface area contributed by atoms with Gasteiger partial charge in [0.25, 0.3) is 0 Å². The lowest BCUT2D eigenvalue weighted by Gasteiger charge is -2.33. The Labute approximate surface area is 116 Å². The van der Waals surface area contributed by atoms with Gasteiger partial charge >= 0.3 is 0 Å². The fourth-order valence-corrected chi connectivity index (χ4v) is 2.40. The molecule has 0 aromatic carbocycles.